The quantitative estimate of drug-likeness (QED) is 0.170. The van der Waals surface area contributed by atoms with Gasteiger partial charge in [0.25, 0.3) is 0 Å². The molecule has 6 heteroatoms. The summed E-state index contributed by atoms with van der Waals surface area (Å²) < 4.78 is 30.3. The topological polar surface area (TPSA) is 61.8 Å². The molecule has 0 heterocycles. The molecule has 2 rings (SSSR count). The number of hydrogen-bond acceptors (Lipinski definition) is 5. The number of rotatable bonds is 12. The first kappa shape index (κ1) is 25.8. The average Bonchev–Trinajstić information content (AvgIpc) is 2.81. The van der Waals surface area contributed by atoms with Crippen molar-refractivity contribution in [1.29, 1.82) is 0 Å². The Morgan fingerprint density at radius 3 is 2.15 bits per heavy atom. The van der Waals surface area contributed by atoms with Crippen molar-refractivity contribution in [1.82, 2.24) is 0 Å². The first-order chi connectivity index (χ1) is 15.7. The molecule has 1 unspecified atom stereocenters. The number of carbonyl (C=O) groups is 2. The van der Waals surface area contributed by atoms with E-state index in [1.54, 1.807) is 19.9 Å². The molecule has 0 aliphatic heterocycles. The molecule has 2 aromatic carbocycles. The van der Waals surface area contributed by atoms with Crippen LogP contribution < -0.4 is 4.74 Å². The zero-order valence-corrected chi connectivity index (χ0v) is 19.5. The Kier molecular flexibility index (Phi) is 9.85. The fraction of sp³-hybridized carbons (Fsp3) is 0.333. The van der Waals surface area contributed by atoms with Crippen molar-refractivity contribution in [2.24, 2.45) is 5.92 Å². The minimum absolute atomic E-state index is 0.0626. The Balaban J connectivity index is 2.09. The van der Waals surface area contributed by atoms with Crippen molar-refractivity contribution >= 4 is 11.9 Å². The molecule has 0 aromatic heterocycles. The van der Waals surface area contributed by atoms with Crippen LogP contribution in [0.4, 0.5) is 4.39 Å². The molecule has 33 heavy (non-hydrogen) atoms. The summed E-state index contributed by atoms with van der Waals surface area (Å²) in [6, 6.07) is 12.2. The van der Waals surface area contributed by atoms with Crippen molar-refractivity contribution in [2.75, 3.05) is 13.2 Å². The van der Waals surface area contributed by atoms with Gasteiger partial charge in [-0.1, -0.05) is 57.3 Å². The first-order valence-corrected chi connectivity index (χ1v) is 11.0. The van der Waals surface area contributed by atoms with Gasteiger partial charge in [-0.3, -0.25) is 4.79 Å². The van der Waals surface area contributed by atoms with E-state index in [-0.39, 0.29) is 24.7 Å². The normalized spacial score (nSPS) is 11.4. The number of esters is 2. The second-order valence-corrected chi connectivity index (χ2v) is 7.82. The van der Waals surface area contributed by atoms with Crippen molar-refractivity contribution < 1.29 is 28.2 Å². The van der Waals surface area contributed by atoms with E-state index in [0.29, 0.717) is 36.3 Å². The van der Waals surface area contributed by atoms with Crippen molar-refractivity contribution in [2.45, 2.75) is 40.0 Å². The lowest BCUT2D eigenvalue weighted by Crippen LogP contribution is -2.21. The summed E-state index contributed by atoms with van der Waals surface area (Å²) in [5.74, 6) is -0.973. The zero-order chi connectivity index (χ0) is 24.4. The molecular weight excluding hydrogens is 423 g/mol. The Morgan fingerprint density at radius 2 is 1.58 bits per heavy atom. The largest absolute Gasteiger partial charge is 0.498 e. The number of allylic oxidation sites excluding steroid dienone is 1. The lowest BCUT2D eigenvalue weighted by Gasteiger charge is -2.19. The molecule has 0 saturated heterocycles. The summed E-state index contributed by atoms with van der Waals surface area (Å²) in [5.41, 5.74) is 2.87. The van der Waals surface area contributed by atoms with E-state index in [9.17, 15) is 14.0 Å². The Bertz CT molecular complexity index is 994. The minimum Gasteiger partial charge on any atom is -0.498 e. The van der Waals surface area contributed by atoms with E-state index in [4.69, 9.17) is 14.2 Å². The van der Waals surface area contributed by atoms with Gasteiger partial charge in [0.15, 0.2) is 11.6 Å². The summed E-state index contributed by atoms with van der Waals surface area (Å²) in [4.78, 5) is 23.2. The van der Waals surface area contributed by atoms with Crippen LogP contribution in [-0.2, 0) is 25.5 Å². The number of carbonyl (C=O) groups excluding carboxylic acids is 2. The van der Waals surface area contributed by atoms with Crippen molar-refractivity contribution in [3.05, 3.63) is 78.3 Å². The predicted molar refractivity (Wildman–Crippen MR) is 126 cm³/mol. The second kappa shape index (κ2) is 12.6. The maximum Gasteiger partial charge on any atom is 0.333 e. The highest BCUT2D eigenvalue weighted by Crippen LogP contribution is 2.27. The zero-order valence-electron chi connectivity index (χ0n) is 19.5. The standard InChI is InChI=1S/C27H31FO5/c1-6-19(5)31-16-21(17-32-27(30)18(3)4)14-20-8-10-22(11-9-20)23-12-13-25(24(28)15-23)33-26(29)7-2/h8-13,15,21H,3,5-7,14,16-17H2,1-2,4H3. The van der Waals surface area contributed by atoms with Gasteiger partial charge in [-0.25, -0.2) is 9.18 Å². The molecule has 5 nitrogen and oxygen atoms in total. The summed E-state index contributed by atoms with van der Waals surface area (Å²) in [6.45, 7) is 13.2. The van der Waals surface area contributed by atoms with Crippen LogP contribution in [0.2, 0.25) is 0 Å². The highest BCUT2D eigenvalue weighted by molar-refractivity contribution is 5.86. The smallest absolute Gasteiger partial charge is 0.333 e. The molecule has 0 saturated carbocycles. The highest BCUT2D eigenvalue weighted by Gasteiger charge is 2.16. The Hall–Kier alpha value is -3.41. The third kappa shape index (κ3) is 8.22. The third-order valence-corrected chi connectivity index (χ3v) is 4.97. The second-order valence-electron chi connectivity index (χ2n) is 7.82. The van der Waals surface area contributed by atoms with Crippen LogP contribution >= 0.6 is 0 Å². The monoisotopic (exact) mass is 454 g/mol. The van der Waals surface area contributed by atoms with E-state index in [0.717, 1.165) is 11.1 Å². The number of hydrogen-bond donors (Lipinski definition) is 0. The minimum atomic E-state index is -0.592. The van der Waals surface area contributed by atoms with Gasteiger partial charge < -0.3 is 14.2 Å². The SMILES string of the molecule is C=C(CC)OCC(COC(=O)C(=C)C)Cc1ccc(-c2ccc(OC(=O)CC)c(F)c2)cc1. The molecule has 0 N–H and O–H groups in total. The van der Waals surface area contributed by atoms with Crippen LogP contribution in [-0.4, -0.2) is 25.2 Å². The van der Waals surface area contributed by atoms with E-state index < -0.39 is 17.8 Å². The molecule has 0 amide bonds. The van der Waals surface area contributed by atoms with Crippen molar-refractivity contribution in [3.8, 4) is 16.9 Å². The molecule has 1 atom stereocenters. The molecule has 0 aliphatic carbocycles. The van der Waals surface area contributed by atoms with Crippen LogP contribution in [0, 0.1) is 11.7 Å². The van der Waals surface area contributed by atoms with Crippen molar-refractivity contribution in [3.63, 3.8) is 0 Å². The van der Waals surface area contributed by atoms with Gasteiger partial charge in [0.05, 0.1) is 19.0 Å². The van der Waals surface area contributed by atoms with Gasteiger partial charge in [0.1, 0.15) is 0 Å². The Labute approximate surface area is 194 Å². The van der Waals surface area contributed by atoms with Gasteiger partial charge in [0.2, 0.25) is 0 Å². The van der Waals surface area contributed by atoms with E-state index >= 15 is 0 Å². The molecule has 0 spiro atoms. The van der Waals surface area contributed by atoms with Gasteiger partial charge >= 0.3 is 11.9 Å². The average molecular weight is 455 g/mol. The molecule has 0 aliphatic rings. The fourth-order valence-electron chi connectivity index (χ4n) is 2.95. The van der Waals surface area contributed by atoms with Gasteiger partial charge in [0, 0.05) is 24.3 Å². The third-order valence-electron chi connectivity index (χ3n) is 4.97. The predicted octanol–water partition coefficient (Wildman–Crippen LogP) is 6.03. The maximum atomic E-state index is 14.3. The molecule has 0 bridgehead atoms. The van der Waals surface area contributed by atoms with E-state index in [1.165, 1.54) is 12.1 Å². The summed E-state index contributed by atoms with van der Waals surface area (Å²) in [6.07, 6.45) is 1.51. The first-order valence-electron chi connectivity index (χ1n) is 11.0. The van der Waals surface area contributed by atoms with Gasteiger partial charge in [-0.2, -0.15) is 0 Å². The molecule has 0 fully saturated rings. The van der Waals surface area contributed by atoms with Crippen LogP contribution in [0.15, 0.2) is 67.0 Å². The molecular formula is C27H31FO5. The lowest BCUT2D eigenvalue weighted by atomic mass is 9.97. The van der Waals surface area contributed by atoms with Crippen LogP contribution in [0.3, 0.4) is 0 Å². The Morgan fingerprint density at radius 1 is 0.939 bits per heavy atom. The number of ether oxygens (including phenoxy) is 3. The van der Waals surface area contributed by atoms with Gasteiger partial charge in [-0.05, 0) is 42.2 Å². The van der Waals surface area contributed by atoms with Crippen LogP contribution in [0.25, 0.3) is 11.1 Å². The molecule has 176 valence electrons. The molecule has 0 radical (unpaired) electrons. The van der Waals surface area contributed by atoms with Gasteiger partial charge in [-0.15, -0.1) is 0 Å². The lowest BCUT2D eigenvalue weighted by molar-refractivity contribution is -0.140. The fourth-order valence-corrected chi connectivity index (χ4v) is 2.95. The van der Waals surface area contributed by atoms with E-state index in [2.05, 4.69) is 13.2 Å². The number of halogens is 1. The molecule has 2 aromatic rings. The summed E-state index contributed by atoms with van der Waals surface area (Å²) >= 11 is 0. The maximum absolute atomic E-state index is 14.3. The van der Waals surface area contributed by atoms with E-state index in [1.807, 2.05) is 31.2 Å². The summed E-state index contributed by atoms with van der Waals surface area (Å²) in [7, 11) is 0. The van der Waals surface area contributed by atoms with Crippen LogP contribution in [0.1, 0.15) is 39.2 Å². The van der Waals surface area contributed by atoms with Crippen LogP contribution in [0.5, 0.6) is 5.75 Å². The summed E-state index contributed by atoms with van der Waals surface area (Å²) in [5, 5.41) is 0. The highest BCUT2D eigenvalue weighted by atomic mass is 19.1. The number of benzene rings is 2.